The summed E-state index contributed by atoms with van der Waals surface area (Å²) < 4.78 is 0. The van der Waals surface area contributed by atoms with Crippen LogP contribution in [-0.2, 0) is 25.8 Å². The average Bonchev–Trinajstić information content (AvgIpc) is 3.37. The molecule has 6 aromatic rings. The van der Waals surface area contributed by atoms with Crippen molar-refractivity contribution in [2.45, 2.75) is 39.5 Å². The molecule has 0 saturated heterocycles. The van der Waals surface area contributed by atoms with E-state index in [0.717, 1.165) is 20.6 Å². The fourth-order valence-corrected chi connectivity index (χ4v) is 5.98. The van der Waals surface area contributed by atoms with Gasteiger partial charge in [-0.05, 0) is 23.0 Å². The van der Waals surface area contributed by atoms with Gasteiger partial charge in [-0.3, -0.25) is 0 Å². The molecule has 0 bridgehead atoms. The zero-order valence-electron chi connectivity index (χ0n) is 25.5. The molecular formula is C38H37Cl2HfNOSi. The molecule has 0 aromatic heterocycles. The van der Waals surface area contributed by atoms with Gasteiger partial charge in [0.15, 0.2) is 0 Å². The molecule has 0 spiro atoms. The van der Waals surface area contributed by atoms with Crippen molar-refractivity contribution in [3.8, 4) is 0 Å². The van der Waals surface area contributed by atoms with Crippen molar-refractivity contribution in [3.63, 3.8) is 0 Å². The molecule has 1 amide bonds. The molecule has 0 atom stereocenters. The summed E-state index contributed by atoms with van der Waals surface area (Å²) in [7, 11) is 0.777. The standard InChI is InChI=1S/C13H19NO.C13H9.C12H10Si.2ClH.Hf/c1-8(2)10-6-5-7-11(9(3)4)12(10)13(14)15;1-3-7-12-10(5-1)9-11-6-2-4-8-13(11)12;1-3-7-11(8-4-1)13-12-9-5-2-6-10-12;;;/h5-9H,1-4H3,(H2,14,15);1-9H;1-10H;2*1H;/q;-1;;;;+4/p-3. The van der Waals surface area contributed by atoms with E-state index in [2.05, 4.69) is 115 Å². The molecule has 0 aliphatic rings. The molecule has 0 unspecified atom stereocenters. The Balaban J connectivity index is 0.000000320. The summed E-state index contributed by atoms with van der Waals surface area (Å²) in [6.45, 7) is 8.19. The predicted octanol–water partition coefficient (Wildman–Crippen LogP) is 3.18. The Kier molecular flexibility index (Phi) is 17.3. The third-order valence-corrected chi connectivity index (χ3v) is 8.20. The first-order valence-electron chi connectivity index (χ1n) is 14.1. The van der Waals surface area contributed by atoms with Gasteiger partial charge in [-0.2, -0.15) is 0 Å². The molecule has 0 aliphatic heterocycles. The van der Waals surface area contributed by atoms with Crippen LogP contribution in [0.5, 0.6) is 0 Å². The number of nitrogens with one attached hydrogen (secondary N) is 1. The Bertz CT molecular complexity index is 1590. The molecule has 6 aromatic carbocycles. The fraction of sp³-hybridized carbons (Fsp3) is 0.158. The average molecular weight is 801 g/mol. The Morgan fingerprint density at radius 3 is 1.30 bits per heavy atom. The molecular weight excluding hydrogens is 764 g/mol. The van der Waals surface area contributed by atoms with Crippen LogP contribution >= 0.6 is 0 Å². The minimum atomic E-state index is -0.567. The van der Waals surface area contributed by atoms with Crippen LogP contribution in [0.3, 0.4) is 0 Å². The second kappa shape index (κ2) is 19.5. The van der Waals surface area contributed by atoms with E-state index in [-0.39, 0.29) is 62.5 Å². The molecule has 44 heavy (non-hydrogen) atoms. The van der Waals surface area contributed by atoms with Crippen molar-refractivity contribution in [2.24, 2.45) is 0 Å². The van der Waals surface area contributed by atoms with E-state index >= 15 is 0 Å². The molecule has 0 heterocycles. The molecule has 2 radical (unpaired) electrons. The quantitative estimate of drug-likeness (QED) is 0.195. The number of benzene rings is 5. The van der Waals surface area contributed by atoms with Crippen LogP contribution < -0.4 is 35.2 Å². The second-order valence-electron chi connectivity index (χ2n) is 10.6. The van der Waals surface area contributed by atoms with E-state index in [1.54, 1.807) is 0 Å². The number of carbonyl (C=O) groups excluding carboxylic acids is 1. The summed E-state index contributed by atoms with van der Waals surface area (Å²) in [6.07, 6.45) is 0. The molecule has 0 saturated carbocycles. The summed E-state index contributed by atoms with van der Waals surface area (Å²) >= 11 is 0. The Labute approximate surface area is 296 Å². The van der Waals surface area contributed by atoms with Gasteiger partial charge >= 0.3 is 25.8 Å². The maximum absolute atomic E-state index is 11.4. The number of halogens is 2. The Morgan fingerprint density at radius 2 is 0.932 bits per heavy atom. The van der Waals surface area contributed by atoms with Crippen molar-refractivity contribution in [3.05, 3.63) is 156 Å². The van der Waals surface area contributed by atoms with Crippen molar-refractivity contribution in [2.75, 3.05) is 0 Å². The van der Waals surface area contributed by atoms with E-state index in [1.165, 1.54) is 31.9 Å². The Hall–Kier alpha value is -2.89. The maximum Gasteiger partial charge on any atom is 4.00 e. The summed E-state index contributed by atoms with van der Waals surface area (Å²) in [6, 6.07) is 46.3. The first-order chi connectivity index (χ1) is 19.8. The van der Waals surface area contributed by atoms with Gasteiger partial charge in [0, 0.05) is 5.56 Å². The van der Waals surface area contributed by atoms with Crippen LogP contribution in [0.1, 0.15) is 61.0 Å². The van der Waals surface area contributed by atoms with Gasteiger partial charge in [0.2, 0.25) is 0 Å². The number of rotatable bonds is 5. The zero-order chi connectivity index (χ0) is 29.2. The van der Waals surface area contributed by atoms with Gasteiger partial charge in [0.05, 0.1) is 5.91 Å². The van der Waals surface area contributed by atoms with Gasteiger partial charge in [-0.15, -0.1) is 39.7 Å². The Morgan fingerprint density at radius 1 is 0.568 bits per heavy atom. The van der Waals surface area contributed by atoms with Crippen molar-refractivity contribution < 1.29 is 55.5 Å². The van der Waals surface area contributed by atoms with Crippen molar-refractivity contribution in [1.29, 1.82) is 0 Å². The molecule has 2 nitrogen and oxygen atoms in total. The summed E-state index contributed by atoms with van der Waals surface area (Å²) in [4.78, 5) is 11.4. The van der Waals surface area contributed by atoms with Crippen LogP contribution in [0.2, 0.25) is 0 Å². The van der Waals surface area contributed by atoms with Gasteiger partial charge in [-0.25, -0.2) is 0 Å². The number of carbonyl (C=O) groups is 1. The molecule has 222 valence electrons. The van der Waals surface area contributed by atoms with Gasteiger partial charge in [0.25, 0.3) is 0 Å². The minimum Gasteiger partial charge on any atom is -1.00 e. The van der Waals surface area contributed by atoms with Crippen LogP contribution in [-0.4, -0.2) is 15.4 Å². The third kappa shape index (κ3) is 10.6. The van der Waals surface area contributed by atoms with E-state index in [9.17, 15) is 4.79 Å². The van der Waals surface area contributed by atoms with E-state index < -0.39 is 5.91 Å². The summed E-state index contributed by atoms with van der Waals surface area (Å²) in [5, 5.41) is 8.19. The number of hydrogen-bond donors (Lipinski definition) is 0. The van der Waals surface area contributed by atoms with Gasteiger partial charge in [0.1, 0.15) is 9.52 Å². The normalized spacial score (nSPS) is 9.95. The molecule has 6 rings (SSSR count). The van der Waals surface area contributed by atoms with Gasteiger partial charge in [-0.1, -0.05) is 153 Å². The fourth-order valence-electron chi connectivity index (χ4n) is 4.93. The number of hydrogen-bond acceptors (Lipinski definition) is 1. The van der Waals surface area contributed by atoms with Crippen LogP contribution in [0.25, 0.3) is 27.3 Å². The number of fused-ring (bicyclic) bond motifs is 3. The minimum absolute atomic E-state index is 0. The molecule has 6 heteroatoms. The monoisotopic (exact) mass is 801 g/mol. The number of amides is 1. The van der Waals surface area contributed by atoms with E-state index in [4.69, 9.17) is 5.73 Å². The largest absolute Gasteiger partial charge is 4.00 e. The predicted molar refractivity (Wildman–Crippen MR) is 178 cm³/mol. The summed E-state index contributed by atoms with van der Waals surface area (Å²) in [5.74, 6) is 0.00370. The SMILES string of the molecule is CC(C)c1cccc(C(C)C)c1C([NH-])=O.[Cl-].[Cl-].[Hf+4].c1ccc([Si]c2ccccc2)cc1.c1ccc2c(c1)[cH-]c1ccccc12. The maximum atomic E-state index is 11.4. The van der Waals surface area contributed by atoms with Crippen LogP contribution in [0.15, 0.2) is 133 Å². The third-order valence-electron chi connectivity index (χ3n) is 6.96. The first-order valence-corrected chi connectivity index (χ1v) is 15.1. The molecule has 0 aliphatic carbocycles. The van der Waals surface area contributed by atoms with Crippen LogP contribution in [0.4, 0.5) is 0 Å². The second-order valence-corrected chi connectivity index (χ2v) is 12.0. The van der Waals surface area contributed by atoms with Gasteiger partial charge < -0.3 is 35.3 Å². The van der Waals surface area contributed by atoms with Crippen molar-refractivity contribution >= 4 is 47.3 Å². The smallest absolute Gasteiger partial charge is 1.00 e. The zero-order valence-corrected chi connectivity index (χ0v) is 31.6. The van der Waals surface area contributed by atoms with Crippen molar-refractivity contribution in [1.82, 2.24) is 0 Å². The van der Waals surface area contributed by atoms with Crippen LogP contribution in [0, 0.1) is 0 Å². The molecule has 0 fully saturated rings. The van der Waals surface area contributed by atoms with E-state index in [0.29, 0.717) is 5.56 Å². The van der Waals surface area contributed by atoms with E-state index in [1.807, 2.05) is 45.9 Å². The first kappa shape index (κ1) is 39.1. The molecule has 1 N–H and O–H groups in total. The summed E-state index contributed by atoms with van der Waals surface area (Å²) in [5.41, 5.74) is 9.92. The topological polar surface area (TPSA) is 40.9 Å².